The Bertz CT molecular complexity index is 689. The lowest BCUT2D eigenvalue weighted by molar-refractivity contribution is -0.136. The van der Waals surface area contributed by atoms with E-state index in [9.17, 15) is 13.2 Å². The van der Waals surface area contributed by atoms with Gasteiger partial charge in [0.05, 0.1) is 23.6 Å². The first-order chi connectivity index (χ1) is 11.5. The van der Waals surface area contributed by atoms with E-state index in [4.69, 9.17) is 4.74 Å². The fourth-order valence-corrected chi connectivity index (χ4v) is 2.43. The molecule has 1 aliphatic rings. The number of para-hydroxylation sites is 1. The van der Waals surface area contributed by atoms with Crippen molar-refractivity contribution in [2.24, 2.45) is 0 Å². The minimum Gasteiger partial charge on any atom is -0.376 e. The van der Waals surface area contributed by atoms with Gasteiger partial charge in [0, 0.05) is 13.2 Å². The Hall–Kier alpha value is -2.42. The zero-order valence-corrected chi connectivity index (χ0v) is 12.7. The molecule has 2 heterocycles. The van der Waals surface area contributed by atoms with Crippen LogP contribution in [0.5, 0.6) is 0 Å². The summed E-state index contributed by atoms with van der Waals surface area (Å²) in [7, 11) is 0. The van der Waals surface area contributed by atoms with E-state index in [1.807, 2.05) is 0 Å². The highest BCUT2D eigenvalue weighted by atomic mass is 19.4. The highest BCUT2D eigenvalue weighted by molar-refractivity contribution is 5.59. The lowest BCUT2D eigenvalue weighted by Crippen LogP contribution is -2.19. The number of halogens is 3. The largest absolute Gasteiger partial charge is 0.418 e. The first-order valence-corrected chi connectivity index (χ1v) is 7.51. The molecule has 1 aromatic heterocycles. The summed E-state index contributed by atoms with van der Waals surface area (Å²) < 4.78 is 44.5. The Balaban J connectivity index is 1.71. The number of rotatable bonds is 5. The van der Waals surface area contributed by atoms with E-state index in [-0.39, 0.29) is 17.7 Å². The lowest BCUT2D eigenvalue weighted by Gasteiger charge is -2.14. The van der Waals surface area contributed by atoms with Gasteiger partial charge in [-0.15, -0.1) is 5.10 Å². The van der Waals surface area contributed by atoms with Crippen LogP contribution in [-0.4, -0.2) is 34.4 Å². The molecule has 1 atom stereocenters. The van der Waals surface area contributed by atoms with E-state index in [1.54, 1.807) is 0 Å². The molecular formula is C15H16F3N5O. The minimum atomic E-state index is -4.47. The fraction of sp³-hybridized carbons (Fsp3) is 0.400. The van der Waals surface area contributed by atoms with Crippen LogP contribution in [0.1, 0.15) is 18.4 Å². The van der Waals surface area contributed by atoms with Gasteiger partial charge in [-0.05, 0) is 25.0 Å². The summed E-state index contributed by atoms with van der Waals surface area (Å²) in [5.41, 5.74) is -0.908. The van der Waals surface area contributed by atoms with Gasteiger partial charge in [0.1, 0.15) is 0 Å². The number of nitrogens with zero attached hydrogens (tertiary/aromatic N) is 3. The molecule has 0 saturated carbocycles. The minimum absolute atomic E-state index is 0.0101. The molecule has 3 rings (SSSR count). The maximum atomic E-state index is 13.0. The van der Waals surface area contributed by atoms with Gasteiger partial charge in [0.2, 0.25) is 5.95 Å². The first-order valence-electron chi connectivity index (χ1n) is 7.51. The molecule has 1 saturated heterocycles. The molecule has 1 aliphatic heterocycles. The Labute approximate surface area is 136 Å². The Morgan fingerprint density at radius 2 is 2.08 bits per heavy atom. The van der Waals surface area contributed by atoms with Gasteiger partial charge in [-0.25, -0.2) is 0 Å². The maximum absolute atomic E-state index is 13.0. The second-order valence-electron chi connectivity index (χ2n) is 5.35. The molecule has 1 aromatic carbocycles. The van der Waals surface area contributed by atoms with Crippen LogP contribution in [0.3, 0.4) is 0 Å². The Kier molecular flexibility index (Phi) is 4.79. The molecule has 2 aromatic rings. The molecule has 2 N–H and O–H groups in total. The number of hydrogen-bond donors (Lipinski definition) is 2. The van der Waals surface area contributed by atoms with Crippen LogP contribution >= 0.6 is 0 Å². The third kappa shape index (κ3) is 4.10. The second kappa shape index (κ2) is 7.00. The number of benzene rings is 1. The summed E-state index contributed by atoms with van der Waals surface area (Å²) in [5.74, 6) is 0.413. The highest BCUT2D eigenvalue weighted by Crippen LogP contribution is 2.35. The fourth-order valence-electron chi connectivity index (χ4n) is 2.43. The molecule has 0 aliphatic carbocycles. The average molecular weight is 339 g/mol. The summed E-state index contributed by atoms with van der Waals surface area (Å²) in [5, 5.41) is 13.1. The van der Waals surface area contributed by atoms with Crippen LogP contribution in [0, 0.1) is 0 Å². The van der Waals surface area contributed by atoms with Crippen molar-refractivity contribution in [2.75, 3.05) is 23.8 Å². The summed E-state index contributed by atoms with van der Waals surface area (Å²) in [4.78, 5) is 4.13. The van der Waals surface area contributed by atoms with Gasteiger partial charge in [0.15, 0.2) is 5.82 Å². The molecule has 0 bridgehead atoms. The highest BCUT2D eigenvalue weighted by Gasteiger charge is 2.33. The predicted octanol–water partition coefficient (Wildman–Crippen LogP) is 3.22. The number of ether oxygens (including phenoxy) is 1. The number of anilines is 3. The average Bonchev–Trinajstić information content (AvgIpc) is 3.06. The smallest absolute Gasteiger partial charge is 0.376 e. The third-order valence-corrected chi connectivity index (χ3v) is 3.57. The van der Waals surface area contributed by atoms with Crippen molar-refractivity contribution >= 4 is 17.5 Å². The molecular weight excluding hydrogens is 323 g/mol. The van der Waals surface area contributed by atoms with Crippen molar-refractivity contribution < 1.29 is 17.9 Å². The van der Waals surface area contributed by atoms with Crippen LogP contribution in [0.15, 0.2) is 30.5 Å². The van der Waals surface area contributed by atoms with Crippen molar-refractivity contribution in [3.63, 3.8) is 0 Å². The molecule has 128 valence electrons. The molecule has 0 amide bonds. The van der Waals surface area contributed by atoms with Crippen molar-refractivity contribution in [1.29, 1.82) is 0 Å². The van der Waals surface area contributed by atoms with E-state index >= 15 is 0 Å². The van der Waals surface area contributed by atoms with E-state index in [0.29, 0.717) is 12.4 Å². The van der Waals surface area contributed by atoms with Crippen LogP contribution in [0.25, 0.3) is 0 Å². The van der Waals surface area contributed by atoms with Crippen molar-refractivity contribution in [1.82, 2.24) is 15.2 Å². The van der Waals surface area contributed by atoms with Crippen LogP contribution in [0.4, 0.5) is 30.6 Å². The first kappa shape index (κ1) is 16.4. The van der Waals surface area contributed by atoms with Crippen LogP contribution in [0.2, 0.25) is 0 Å². The van der Waals surface area contributed by atoms with Gasteiger partial charge in [0.25, 0.3) is 0 Å². The third-order valence-electron chi connectivity index (χ3n) is 3.57. The zero-order chi connectivity index (χ0) is 17.0. The molecule has 6 nitrogen and oxygen atoms in total. The molecule has 0 radical (unpaired) electrons. The Morgan fingerprint density at radius 1 is 1.25 bits per heavy atom. The van der Waals surface area contributed by atoms with Crippen molar-refractivity contribution in [3.05, 3.63) is 36.0 Å². The topological polar surface area (TPSA) is 72.0 Å². The van der Waals surface area contributed by atoms with E-state index < -0.39 is 11.7 Å². The van der Waals surface area contributed by atoms with Gasteiger partial charge in [-0.3, -0.25) is 0 Å². The molecule has 9 heteroatoms. The van der Waals surface area contributed by atoms with Gasteiger partial charge in [-0.1, -0.05) is 12.1 Å². The standard InChI is InChI=1S/C15H16F3N5O/c16-15(17,18)11-5-1-2-6-12(11)21-14-22-13(9-20-23-14)19-8-10-4-3-7-24-10/h1-2,5-6,9-10H,3-4,7-8H2,(H2,19,21,22,23). The van der Waals surface area contributed by atoms with Gasteiger partial charge >= 0.3 is 6.18 Å². The second-order valence-corrected chi connectivity index (χ2v) is 5.35. The number of alkyl halides is 3. The van der Waals surface area contributed by atoms with Gasteiger partial charge in [-0.2, -0.15) is 23.3 Å². The van der Waals surface area contributed by atoms with E-state index in [0.717, 1.165) is 25.5 Å². The predicted molar refractivity (Wildman–Crippen MR) is 82.0 cm³/mol. The summed E-state index contributed by atoms with van der Waals surface area (Å²) in [6.45, 7) is 1.31. The molecule has 0 spiro atoms. The van der Waals surface area contributed by atoms with Crippen LogP contribution < -0.4 is 10.6 Å². The summed E-state index contributed by atoms with van der Waals surface area (Å²) >= 11 is 0. The number of hydrogen-bond acceptors (Lipinski definition) is 6. The Morgan fingerprint density at radius 3 is 2.83 bits per heavy atom. The van der Waals surface area contributed by atoms with Crippen molar-refractivity contribution in [2.45, 2.75) is 25.1 Å². The monoisotopic (exact) mass is 339 g/mol. The van der Waals surface area contributed by atoms with Gasteiger partial charge < -0.3 is 15.4 Å². The lowest BCUT2D eigenvalue weighted by atomic mass is 10.1. The normalized spacial score (nSPS) is 17.7. The van der Waals surface area contributed by atoms with Crippen LogP contribution in [-0.2, 0) is 10.9 Å². The zero-order valence-electron chi connectivity index (χ0n) is 12.7. The maximum Gasteiger partial charge on any atom is 0.418 e. The molecule has 1 fully saturated rings. The summed E-state index contributed by atoms with van der Waals surface area (Å²) in [6.07, 6.45) is -0.949. The quantitative estimate of drug-likeness (QED) is 0.871. The summed E-state index contributed by atoms with van der Waals surface area (Å²) in [6, 6.07) is 5.14. The number of nitrogens with one attached hydrogen (secondary N) is 2. The van der Waals surface area contributed by atoms with E-state index in [1.165, 1.54) is 24.4 Å². The molecule has 1 unspecified atom stereocenters. The van der Waals surface area contributed by atoms with E-state index in [2.05, 4.69) is 25.8 Å². The SMILES string of the molecule is FC(F)(F)c1ccccc1Nc1nncc(NCC2CCCO2)n1. The number of aromatic nitrogens is 3. The van der Waals surface area contributed by atoms with Crippen molar-refractivity contribution in [3.8, 4) is 0 Å². The molecule has 24 heavy (non-hydrogen) atoms.